The first-order chi connectivity index (χ1) is 16.3. The highest BCUT2D eigenvalue weighted by Gasteiger charge is 2.47. The number of pyridine rings is 1. The maximum atomic E-state index is 15.0. The van der Waals surface area contributed by atoms with Gasteiger partial charge in [-0.2, -0.15) is 0 Å². The second-order valence-corrected chi connectivity index (χ2v) is 8.00. The van der Waals surface area contributed by atoms with Gasteiger partial charge in [0.25, 0.3) is 11.8 Å². The number of carbonyl (C=O) groups is 2. The molecule has 2 aromatic carbocycles. The van der Waals surface area contributed by atoms with E-state index in [9.17, 15) is 18.4 Å². The number of benzene rings is 2. The van der Waals surface area contributed by atoms with Crippen LogP contribution in [0.25, 0.3) is 11.3 Å². The van der Waals surface area contributed by atoms with Crippen molar-refractivity contribution >= 4 is 11.8 Å². The first-order valence-corrected chi connectivity index (χ1v) is 10.7. The maximum Gasteiger partial charge on any atom is 0.273 e. The van der Waals surface area contributed by atoms with Gasteiger partial charge in [0.2, 0.25) is 5.91 Å². The fourth-order valence-corrected chi connectivity index (χ4v) is 4.01. The fraction of sp³-hybridized carbons (Fsp3) is 0.192. The molecule has 0 aliphatic carbocycles. The van der Waals surface area contributed by atoms with Crippen LogP contribution >= 0.6 is 0 Å². The van der Waals surface area contributed by atoms with Gasteiger partial charge in [-0.25, -0.2) is 8.78 Å². The average Bonchev–Trinajstić information content (AvgIpc) is 2.83. The van der Waals surface area contributed by atoms with Gasteiger partial charge in [-0.3, -0.25) is 14.6 Å². The molecular formula is C26H23F2N3O3. The molecule has 34 heavy (non-hydrogen) atoms. The molecule has 0 bridgehead atoms. The van der Waals surface area contributed by atoms with Crippen LogP contribution in [0, 0.1) is 0 Å². The number of piperidine rings is 1. The summed E-state index contributed by atoms with van der Waals surface area (Å²) in [5, 5.41) is 0. The minimum Gasteiger partial charge on any atom is -0.457 e. The van der Waals surface area contributed by atoms with Crippen LogP contribution in [-0.2, 0) is 4.79 Å². The number of hydrogen-bond donors (Lipinski definition) is 1. The van der Waals surface area contributed by atoms with Crippen LogP contribution in [0.2, 0.25) is 0 Å². The molecule has 8 heteroatoms. The molecule has 0 spiro atoms. The summed E-state index contributed by atoms with van der Waals surface area (Å²) in [5.41, 5.74) is 6.55. The Morgan fingerprint density at radius 3 is 2.35 bits per heavy atom. The number of rotatable bonds is 6. The van der Waals surface area contributed by atoms with E-state index in [-0.39, 0.29) is 29.9 Å². The minimum atomic E-state index is -3.19. The Labute approximate surface area is 195 Å². The molecule has 0 radical (unpaired) electrons. The lowest BCUT2D eigenvalue weighted by Gasteiger charge is -2.37. The molecule has 2 N–H and O–H groups in total. The van der Waals surface area contributed by atoms with E-state index in [2.05, 4.69) is 11.6 Å². The van der Waals surface area contributed by atoms with E-state index in [0.29, 0.717) is 17.1 Å². The maximum absolute atomic E-state index is 15.0. The smallest absolute Gasteiger partial charge is 0.273 e. The van der Waals surface area contributed by atoms with E-state index < -0.39 is 30.2 Å². The van der Waals surface area contributed by atoms with Gasteiger partial charge in [-0.1, -0.05) is 24.8 Å². The van der Waals surface area contributed by atoms with Crippen LogP contribution in [-0.4, -0.2) is 40.7 Å². The molecule has 3 aromatic rings. The molecule has 174 valence electrons. The van der Waals surface area contributed by atoms with Crippen molar-refractivity contribution < 1.29 is 23.1 Å². The summed E-state index contributed by atoms with van der Waals surface area (Å²) in [7, 11) is 0. The van der Waals surface area contributed by atoms with Gasteiger partial charge in [0.1, 0.15) is 11.5 Å². The molecule has 1 saturated heterocycles. The highest BCUT2D eigenvalue weighted by Crippen LogP contribution is 2.40. The first kappa shape index (κ1) is 23.1. The lowest BCUT2D eigenvalue weighted by Crippen LogP contribution is -2.49. The van der Waals surface area contributed by atoms with Gasteiger partial charge in [0, 0.05) is 12.1 Å². The molecule has 1 aliphatic rings. The molecule has 1 aliphatic heterocycles. The number of para-hydroxylation sites is 1. The van der Waals surface area contributed by atoms with Crippen LogP contribution in [0.4, 0.5) is 8.78 Å². The summed E-state index contributed by atoms with van der Waals surface area (Å²) in [6, 6.07) is 18.8. The molecule has 6 nitrogen and oxygen atoms in total. The van der Waals surface area contributed by atoms with Crippen molar-refractivity contribution in [2.45, 2.75) is 18.3 Å². The Kier molecular flexibility index (Phi) is 6.40. The molecule has 1 unspecified atom stereocenters. The number of aromatic nitrogens is 1. The normalized spacial score (nSPS) is 17.1. The number of primary amides is 1. The third kappa shape index (κ3) is 4.80. The van der Waals surface area contributed by atoms with Crippen LogP contribution in [0.3, 0.4) is 0 Å². The van der Waals surface area contributed by atoms with Gasteiger partial charge in [-0.05, 0) is 61.0 Å². The van der Waals surface area contributed by atoms with E-state index in [1.807, 2.05) is 30.3 Å². The van der Waals surface area contributed by atoms with Gasteiger partial charge in [-0.15, -0.1) is 0 Å². The molecular weight excluding hydrogens is 440 g/mol. The lowest BCUT2D eigenvalue weighted by atomic mass is 9.88. The van der Waals surface area contributed by atoms with Crippen LogP contribution in [0.5, 0.6) is 11.5 Å². The zero-order chi connectivity index (χ0) is 24.3. The SMILES string of the molecule is C=CC(=O)N1CCC(c2ccc(C(N)=O)c(-c3ccc(Oc4ccccc4)cc3)n2)C(F)(F)C1. The van der Waals surface area contributed by atoms with Crippen molar-refractivity contribution in [3.63, 3.8) is 0 Å². The minimum absolute atomic E-state index is 0.0266. The van der Waals surface area contributed by atoms with Crippen molar-refractivity contribution in [1.82, 2.24) is 9.88 Å². The van der Waals surface area contributed by atoms with Crippen LogP contribution in [0.15, 0.2) is 79.4 Å². The number of ether oxygens (including phenoxy) is 1. The van der Waals surface area contributed by atoms with Gasteiger partial charge in [0.15, 0.2) is 0 Å². The second-order valence-electron chi connectivity index (χ2n) is 8.00. The number of carbonyl (C=O) groups excluding carboxylic acids is 2. The Bertz CT molecular complexity index is 1210. The molecule has 1 aromatic heterocycles. The molecule has 1 atom stereocenters. The number of nitrogens with zero attached hydrogens (tertiary/aromatic N) is 2. The largest absolute Gasteiger partial charge is 0.457 e. The van der Waals surface area contributed by atoms with E-state index in [1.54, 1.807) is 24.3 Å². The zero-order valence-corrected chi connectivity index (χ0v) is 18.3. The highest BCUT2D eigenvalue weighted by molar-refractivity contribution is 5.98. The molecule has 4 rings (SSSR count). The number of amides is 2. The second kappa shape index (κ2) is 9.43. The summed E-state index contributed by atoms with van der Waals surface area (Å²) in [6.45, 7) is 2.80. The van der Waals surface area contributed by atoms with Gasteiger partial charge < -0.3 is 15.4 Å². The van der Waals surface area contributed by atoms with E-state index in [0.717, 1.165) is 11.0 Å². The predicted molar refractivity (Wildman–Crippen MR) is 124 cm³/mol. The number of nitrogens with two attached hydrogens (primary N) is 1. The number of halogens is 2. The quantitative estimate of drug-likeness (QED) is 0.534. The predicted octanol–water partition coefficient (Wildman–Crippen LogP) is 4.78. The standard InChI is InChI=1S/C26H23F2N3O3/c1-2-23(32)31-15-14-21(26(27,28)16-31)22-13-12-20(25(29)33)24(30-22)17-8-10-19(11-9-17)34-18-6-4-3-5-7-18/h2-13,21H,1,14-16H2,(H2,29,33). The zero-order valence-electron chi connectivity index (χ0n) is 18.3. The van der Waals surface area contributed by atoms with Crippen molar-refractivity contribution in [2.75, 3.05) is 13.1 Å². The van der Waals surface area contributed by atoms with E-state index in [4.69, 9.17) is 10.5 Å². The van der Waals surface area contributed by atoms with Crippen molar-refractivity contribution in [3.05, 3.63) is 90.6 Å². The fourth-order valence-electron chi connectivity index (χ4n) is 4.01. The Hall–Kier alpha value is -4.07. The summed E-state index contributed by atoms with van der Waals surface area (Å²) in [4.78, 5) is 29.3. The summed E-state index contributed by atoms with van der Waals surface area (Å²) < 4.78 is 35.7. The van der Waals surface area contributed by atoms with Gasteiger partial charge in [0.05, 0.1) is 29.4 Å². The third-order valence-corrected chi connectivity index (χ3v) is 5.73. The first-order valence-electron chi connectivity index (χ1n) is 10.7. The van der Waals surface area contributed by atoms with E-state index in [1.165, 1.54) is 12.1 Å². The number of likely N-dealkylation sites (tertiary alicyclic amines) is 1. The molecule has 1 fully saturated rings. The van der Waals surface area contributed by atoms with Crippen molar-refractivity contribution in [2.24, 2.45) is 5.73 Å². The Morgan fingerprint density at radius 1 is 1.06 bits per heavy atom. The summed E-state index contributed by atoms with van der Waals surface area (Å²) in [5.74, 6) is -4.41. The molecule has 0 saturated carbocycles. The Morgan fingerprint density at radius 2 is 1.74 bits per heavy atom. The lowest BCUT2D eigenvalue weighted by molar-refractivity contribution is -0.139. The topological polar surface area (TPSA) is 85.5 Å². The summed E-state index contributed by atoms with van der Waals surface area (Å²) >= 11 is 0. The monoisotopic (exact) mass is 463 g/mol. The van der Waals surface area contributed by atoms with Gasteiger partial charge >= 0.3 is 0 Å². The third-order valence-electron chi connectivity index (χ3n) is 5.73. The van der Waals surface area contributed by atoms with Crippen molar-refractivity contribution in [3.8, 4) is 22.8 Å². The average molecular weight is 463 g/mol. The molecule has 2 heterocycles. The molecule has 2 amide bonds. The van der Waals surface area contributed by atoms with Crippen molar-refractivity contribution in [1.29, 1.82) is 0 Å². The number of hydrogen-bond acceptors (Lipinski definition) is 4. The number of alkyl halides is 2. The summed E-state index contributed by atoms with van der Waals surface area (Å²) in [6.07, 6.45) is 1.05. The van der Waals surface area contributed by atoms with Crippen LogP contribution < -0.4 is 10.5 Å². The highest BCUT2D eigenvalue weighted by atomic mass is 19.3. The Balaban J connectivity index is 1.64. The van der Waals surface area contributed by atoms with Crippen LogP contribution in [0.1, 0.15) is 28.4 Å². The van der Waals surface area contributed by atoms with E-state index >= 15 is 0 Å².